The van der Waals surface area contributed by atoms with Crippen LogP contribution in [0.25, 0.3) is 0 Å². The molecule has 5 nitrogen and oxygen atoms in total. The Bertz CT molecular complexity index is 815. The predicted molar refractivity (Wildman–Crippen MR) is 110 cm³/mol. The van der Waals surface area contributed by atoms with E-state index in [0.29, 0.717) is 23.7 Å². The normalized spacial score (nSPS) is 14.6. The van der Waals surface area contributed by atoms with E-state index in [0.717, 1.165) is 30.6 Å². The van der Waals surface area contributed by atoms with Crippen LogP contribution in [-0.4, -0.2) is 42.5 Å². The van der Waals surface area contributed by atoms with E-state index >= 15 is 0 Å². The third-order valence-corrected chi connectivity index (χ3v) is 5.25. The molecule has 1 fully saturated rings. The molecule has 2 aromatic rings. The molecule has 148 valence electrons. The summed E-state index contributed by atoms with van der Waals surface area (Å²) in [4.78, 5) is 26.6. The molecule has 0 bridgehead atoms. The Morgan fingerprint density at radius 1 is 1.11 bits per heavy atom. The van der Waals surface area contributed by atoms with E-state index in [9.17, 15) is 9.59 Å². The fraction of sp³-hybridized carbons (Fsp3) is 0.364. The molecule has 3 rings (SSSR count). The van der Waals surface area contributed by atoms with Gasteiger partial charge in [-0.3, -0.25) is 9.59 Å². The molecule has 1 N–H and O–H groups in total. The van der Waals surface area contributed by atoms with E-state index in [-0.39, 0.29) is 24.5 Å². The summed E-state index contributed by atoms with van der Waals surface area (Å²) in [7, 11) is 0. The minimum absolute atomic E-state index is 0.0200. The number of hydrogen-bond donors (Lipinski definition) is 1. The van der Waals surface area contributed by atoms with E-state index in [2.05, 4.69) is 12.2 Å². The average molecular weight is 401 g/mol. The van der Waals surface area contributed by atoms with E-state index < -0.39 is 0 Å². The van der Waals surface area contributed by atoms with Gasteiger partial charge in [-0.05, 0) is 55.2 Å². The van der Waals surface area contributed by atoms with Crippen molar-refractivity contribution < 1.29 is 14.3 Å². The lowest BCUT2D eigenvalue weighted by Crippen LogP contribution is -2.47. The molecule has 6 heteroatoms. The highest BCUT2D eigenvalue weighted by Crippen LogP contribution is 2.19. The van der Waals surface area contributed by atoms with Gasteiger partial charge in [-0.25, -0.2) is 0 Å². The molecule has 1 aliphatic heterocycles. The summed E-state index contributed by atoms with van der Waals surface area (Å²) < 4.78 is 5.73. The Morgan fingerprint density at radius 3 is 2.46 bits per heavy atom. The molecule has 0 atom stereocenters. The number of halogens is 1. The van der Waals surface area contributed by atoms with Gasteiger partial charge in [0.05, 0.1) is 0 Å². The zero-order valence-corrected chi connectivity index (χ0v) is 16.7. The van der Waals surface area contributed by atoms with Crippen LogP contribution >= 0.6 is 11.6 Å². The van der Waals surface area contributed by atoms with Crippen molar-refractivity contribution in [3.05, 3.63) is 64.7 Å². The number of ether oxygens (including phenoxy) is 1. The number of hydrogen-bond acceptors (Lipinski definition) is 3. The van der Waals surface area contributed by atoms with Crippen molar-refractivity contribution in [2.75, 3.05) is 19.7 Å². The number of piperidine rings is 1. The molecule has 28 heavy (non-hydrogen) atoms. The zero-order chi connectivity index (χ0) is 19.9. The fourth-order valence-corrected chi connectivity index (χ4v) is 3.44. The summed E-state index contributed by atoms with van der Waals surface area (Å²) in [6.45, 7) is 3.33. The molecule has 0 spiro atoms. The zero-order valence-electron chi connectivity index (χ0n) is 16.0. The first-order chi connectivity index (χ1) is 13.6. The second-order valence-electron chi connectivity index (χ2n) is 6.89. The van der Waals surface area contributed by atoms with Gasteiger partial charge < -0.3 is 15.0 Å². The van der Waals surface area contributed by atoms with E-state index in [1.54, 1.807) is 29.2 Å². The maximum absolute atomic E-state index is 12.5. The van der Waals surface area contributed by atoms with Crippen molar-refractivity contribution in [3.63, 3.8) is 0 Å². The second-order valence-corrected chi connectivity index (χ2v) is 7.32. The highest BCUT2D eigenvalue weighted by Gasteiger charge is 2.24. The van der Waals surface area contributed by atoms with Crippen LogP contribution in [0.1, 0.15) is 35.7 Å². The maximum atomic E-state index is 12.5. The number of amides is 2. The maximum Gasteiger partial charge on any atom is 0.260 e. The van der Waals surface area contributed by atoms with Crippen molar-refractivity contribution >= 4 is 23.4 Å². The number of nitrogens with zero attached hydrogens (tertiary/aromatic N) is 1. The van der Waals surface area contributed by atoms with Gasteiger partial charge in [0.1, 0.15) is 5.75 Å². The van der Waals surface area contributed by atoms with Crippen LogP contribution in [0.15, 0.2) is 48.5 Å². The third-order valence-electron chi connectivity index (χ3n) is 4.99. The number of rotatable bonds is 6. The summed E-state index contributed by atoms with van der Waals surface area (Å²) in [6, 6.07) is 14.7. The van der Waals surface area contributed by atoms with Crippen molar-refractivity contribution in [2.45, 2.75) is 32.2 Å². The first-order valence-corrected chi connectivity index (χ1v) is 9.99. The monoisotopic (exact) mass is 400 g/mol. The largest absolute Gasteiger partial charge is 0.483 e. The highest BCUT2D eigenvalue weighted by atomic mass is 35.5. The lowest BCUT2D eigenvalue weighted by atomic mass is 10.0. The van der Waals surface area contributed by atoms with E-state index in [1.165, 1.54) is 0 Å². The van der Waals surface area contributed by atoms with Crippen LogP contribution in [0.3, 0.4) is 0 Å². The van der Waals surface area contributed by atoms with Crippen molar-refractivity contribution in [1.82, 2.24) is 10.2 Å². The number of likely N-dealkylation sites (tertiary alicyclic amines) is 1. The summed E-state index contributed by atoms with van der Waals surface area (Å²) in [5.41, 5.74) is 1.69. The van der Waals surface area contributed by atoms with Gasteiger partial charge in [0, 0.05) is 29.7 Å². The Hall–Kier alpha value is -2.53. The lowest BCUT2D eigenvalue weighted by molar-refractivity contribution is -0.134. The first-order valence-electron chi connectivity index (χ1n) is 9.61. The van der Waals surface area contributed by atoms with Gasteiger partial charge in [-0.1, -0.05) is 36.7 Å². The molecule has 1 saturated heterocycles. The van der Waals surface area contributed by atoms with Crippen LogP contribution in [0.4, 0.5) is 0 Å². The van der Waals surface area contributed by atoms with Gasteiger partial charge in [-0.15, -0.1) is 0 Å². The fourth-order valence-electron chi connectivity index (χ4n) is 3.31. The molecule has 1 heterocycles. The molecule has 2 amide bonds. The van der Waals surface area contributed by atoms with Gasteiger partial charge in [0.2, 0.25) is 0 Å². The van der Waals surface area contributed by atoms with Crippen molar-refractivity contribution in [1.29, 1.82) is 0 Å². The number of para-hydroxylation sites is 1. The average Bonchev–Trinajstić information content (AvgIpc) is 2.73. The van der Waals surface area contributed by atoms with Crippen LogP contribution in [0, 0.1) is 0 Å². The van der Waals surface area contributed by atoms with Crippen LogP contribution in [-0.2, 0) is 11.2 Å². The second kappa shape index (κ2) is 9.60. The van der Waals surface area contributed by atoms with Crippen LogP contribution in [0.2, 0.25) is 5.02 Å². The number of benzene rings is 2. The smallest absolute Gasteiger partial charge is 0.260 e. The van der Waals surface area contributed by atoms with Crippen molar-refractivity contribution in [2.24, 2.45) is 0 Å². The number of carbonyl (C=O) groups excluding carboxylic acids is 2. The van der Waals surface area contributed by atoms with Crippen LogP contribution < -0.4 is 10.1 Å². The van der Waals surface area contributed by atoms with Gasteiger partial charge >= 0.3 is 0 Å². The molecule has 0 unspecified atom stereocenters. The quantitative estimate of drug-likeness (QED) is 0.804. The Morgan fingerprint density at radius 2 is 1.79 bits per heavy atom. The molecule has 0 radical (unpaired) electrons. The summed E-state index contributed by atoms with van der Waals surface area (Å²) >= 11 is 5.86. The topological polar surface area (TPSA) is 58.6 Å². The minimum atomic E-state index is -0.110. The number of nitrogens with one attached hydrogen (secondary N) is 1. The minimum Gasteiger partial charge on any atom is -0.483 e. The number of aryl methyl sites for hydroxylation is 1. The Balaban J connectivity index is 1.45. The Kier molecular flexibility index (Phi) is 6.93. The van der Waals surface area contributed by atoms with Gasteiger partial charge in [0.25, 0.3) is 11.8 Å². The predicted octanol–water partition coefficient (Wildman–Crippen LogP) is 3.70. The number of carbonyl (C=O) groups is 2. The van der Waals surface area contributed by atoms with Crippen molar-refractivity contribution in [3.8, 4) is 5.75 Å². The molecule has 0 aliphatic carbocycles. The van der Waals surface area contributed by atoms with Crippen LogP contribution in [0.5, 0.6) is 5.75 Å². The SMILES string of the molecule is CCc1ccccc1OCC(=O)N1CCC(NC(=O)c2ccc(Cl)cc2)CC1. The standard InChI is InChI=1S/C22H25ClN2O3/c1-2-16-5-3-4-6-20(16)28-15-21(26)25-13-11-19(12-14-25)24-22(27)17-7-9-18(23)10-8-17/h3-10,19H,2,11-15H2,1H3,(H,24,27). The lowest BCUT2D eigenvalue weighted by Gasteiger charge is -2.32. The molecule has 0 aromatic heterocycles. The van der Waals surface area contributed by atoms with E-state index in [1.807, 2.05) is 24.3 Å². The molecule has 1 aliphatic rings. The van der Waals surface area contributed by atoms with E-state index in [4.69, 9.17) is 16.3 Å². The van der Waals surface area contributed by atoms with Gasteiger partial charge in [0.15, 0.2) is 6.61 Å². The summed E-state index contributed by atoms with van der Waals surface area (Å²) in [6.07, 6.45) is 2.33. The molecular weight excluding hydrogens is 376 g/mol. The molecule has 2 aromatic carbocycles. The highest BCUT2D eigenvalue weighted by molar-refractivity contribution is 6.30. The van der Waals surface area contributed by atoms with Gasteiger partial charge in [-0.2, -0.15) is 0 Å². The first kappa shape index (κ1) is 20.2. The third kappa shape index (κ3) is 5.26. The summed E-state index contributed by atoms with van der Waals surface area (Å²) in [5, 5.41) is 3.64. The summed E-state index contributed by atoms with van der Waals surface area (Å²) in [5.74, 6) is 0.637. The molecular formula is C22H25ClN2O3. The molecule has 0 saturated carbocycles. The Labute approximate surface area is 170 Å².